The molecule has 112 valence electrons. The monoisotopic (exact) mass is 293 g/mol. The number of rotatable bonds is 6. The SMILES string of the molecule is O=c1n(CCCc2ccccc2)cnn1Cc1ccccc1. The van der Waals surface area contributed by atoms with E-state index < -0.39 is 0 Å². The van der Waals surface area contributed by atoms with Crippen LogP contribution in [0.25, 0.3) is 0 Å². The molecule has 22 heavy (non-hydrogen) atoms. The van der Waals surface area contributed by atoms with Crippen molar-refractivity contribution in [1.82, 2.24) is 14.3 Å². The third kappa shape index (κ3) is 3.52. The first kappa shape index (κ1) is 14.3. The lowest BCUT2D eigenvalue weighted by Crippen LogP contribution is -2.25. The molecule has 3 aromatic rings. The molecule has 4 nitrogen and oxygen atoms in total. The van der Waals surface area contributed by atoms with Crippen molar-refractivity contribution in [2.75, 3.05) is 0 Å². The maximum atomic E-state index is 12.3. The summed E-state index contributed by atoms with van der Waals surface area (Å²) >= 11 is 0. The van der Waals surface area contributed by atoms with Crippen molar-refractivity contribution in [2.24, 2.45) is 0 Å². The Kier molecular flexibility index (Phi) is 4.49. The normalized spacial score (nSPS) is 10.7. The van der Waals surface area contributed by atoms with Gasteiger partial charge in [-0.2, -0.15) is 5.10 Å². The lowest BCUT2D eigenvalue weighted by molar-refractivity contribution is 0.593. The first-order valence-corrected chi connectivity index (χ1v) is 7.53. The molecule has 0 aliphatic heterocycles. The van der Waals surface area contributed by atoms with Crippen LogP contribution in [0.2, 0.25) is 0 Å². The fourth-order valence-electron chi connectivity index (χ4n) is 2.49. The van der Waals surface area contributed by atoms with Gasteiger partial charge in [0.1, 0.15) is 6.33 Å². The summed E-state index contributed by atoms with van der Waals surface area (Å²) in [5.41, 5.74) is 2.34. The topological polar surface area (TPSA) is 39.8 Å². The van der Waals surface area contributed by atoms with Crippen molar-refractivity contribution in [3.63, 3.8) is 0 Å². The van der Waals surface area contributed by atoms with Crippen molar-refractivity contribution in [3.8, 4) is 0 Å². The van der Waals surface area contributed by atoms with Gasteiger partial charge in [0.15, 0.2) is 0 Å². The smallest absolute Gasteiger partial charge is 0.282 e. The average molecular weight is 293 g/mol. The number of hydrogen-bond donors (Lipinski definition) is 0. The van der Waals surface area contributed by atoms with Gasteiger partial charge in [-0.05, 0) is 24.0 Å². The Morgan fingerprint density at radius 2 is 1.50 bits per heavy atom. The van der Waals surface area contributed by atoms with Crippen molar-refractivity contribution in [3.05, 3.63) is 88.6 Å². The van der Waals surface area contributed by atoms with Gasteiger partial charge in [0.2, 0.25) is 0 Å². The molecule has 0 saturated carbocycles. The number of aryl methyl sites for hydroxylation is 2. The van der Waals surface area contributed by atoms with Gasteiger partial charge in [-0.25, -0.2) is 9.48 Å². The molecule has 0 fully saturated rings. The summed E-state index contributed by atoms with van der Waals surface area (Å²) in [5.74, 6) is 0. The number of benzene rings is 2. The average Bonchev–Trinajstić information content (AvgIpc) is 2.90. The van der Waals surface area contributed by atoms with E-state index in [1.807, 2.05) is 48.5 Å². The van der Waals surface area contributed by atoms with Gasteiger partial charge in [-0.15, -0.1) is 0 Å². The molecule has 0 bridgehead atoms. The highest BCUT2D eigenvalue weighted by Gasteiger charge is 2.05. The molecule has 4 heteroatoms. The van der Waals surface area contributed by atoms with Gasteiger partial charge < -0.3 is 0 Å². The largest absolute Gasteiger partial charge is 0.346 e. The second kappa shape index (κ2) is 6.89. The van der Waals surface area contributed by atoms with Gasteiger partial charge in [0, 0.05) is 6.54 Å². The van der Waals surface area contributed by atoms with Crippen molar-refractivity contribution in [1.29, 1.82) is 0 Å². The second-order valence-electron chi connectivity index (χ2n) is 5.34. The molecule has 1 aromatic heterocycles. The van der Waals surface area contributed by atoms with E-state index in [-0.39, 0.29) is 5.69 Å². The molecular formula is C18H19N3O. The predicted molar refractivity (Wildman–Crippen MR) is 86.8 cm³/mol. The Balaban J connectivity index is 1.60. The van der Waals surface area contributed by atoms with E-state index in [0.717, 1.165) is 18.4 Å². The molecule has 0 atom stereocenters. The highest BCUT2D eigenvalue weighted by Crippen LogP contribution is 2.03. The maximum absolute atomic E-state index is 12.3. The van der Waals surface area contributed by atoms with Gasteiger partial charge >= 0.3 is 5.69 Å². The number of nitrogens with zero attached hydrogens (tertiary/aromatic N) is 3. The minimum Gasteiger partial charge on any atom is -0.282 e. The molecule has 0 radical (unpaired) electrons. The Morgan fingerprint density at radius 1 is 0.864 bits per heavy atom. The van der Waals surface area contributed by atoms with Crippen LogP contribution in [0.15, 0.2) is 71.8 Å². The Hall–Kier alpha value is -2.62. The molecule has 0 spiro atoms. The summed E-state index contributed by atoms with van der Waals surface area (Å²) in [6.45, 7) is 1.22. The van der Waals surface area contributed by atoms with Crippen LogP contribution in [-0.2, 0) is 19.5 Å². The predicted octanol–water partition coefficient (Wildman–Crippen LogP) is 2.73. The summed E-state index contributed by atoms with van der Waals surface area (Å²) < 4.78 is 3.20. The molecule has 0 N–H and O–H groups in total. The van der Waals surface area contributed by atoms with E-state index in [2.05, 4.69) is 17.2 Å². The molecule has 0 aliphatic rings. The second-order valence-corrected chi connectivity index (χ2v) is 5.34. The Labute approximate surface area is 129 Å². The van der Waals surface area contributed by atoms with E-state index in [1.54, 1.807) is 10.9 Å². The van der Waals surface area contributed by atoms with Crippen LogP contribution in [0.3, 0.4) is 0 Å². The van der Waals surface area contributed by atoms with Crippen LogP contribution in [-0.4, -0.2) is 14.3 Å². The van der Waals surface area contributed by atoms with Crippen molar-refractivity contribution in [2.45, 2.75) is 25.9 Å². The van der Waals surface area contributed by atoms with Gasteiger partial charge in [0.05, 0.1) is 6.54 Å². The van der Waals surface area contributed by atoms with E-state index in [1.165, 1.54) is 10.2 Å². The standard InChI is InChI=1S/C18H19N3O/c22-18-20(13-7-12-16-8-3-1-4-9-16)15-19-21(18)14-17-10-5-2-6-11-17/h1-6,8-11,15H,7,12-14H2. The van der Waals surface area contributed by atoms with Crippen molar-refractivity contribution >= 4 is 0 Å². The fraction of sp³-hybridized carbons (Fsp3) is 0.222. The summed E-state index contributed by atoms with van der Waals surface area (Å²) in [6.07, 6.45) is 3.54. The molecule has 3 rings (SSSR count). The first-order valence-electron chi connectivity index (χ1n) is 7.53. The Bertz CT molecular complexity index is 760. The van der Waals surface area contributed by atoms with Crippen LogP contribution in [0.1, 0.15) is 17.5 Å². The van der Waals surface area contributed by atoms with Crippen LogP contribution >= 0.6 is 0 Å². The van der Waals surface area contributed by atoms with Crippen LogP contribution < -0.4 is 5.69 Å². The zero-order valence-electron chi connectivity index (χ0n) is 12.4. The zero-order valence-corrected chi connectivity index (χ0v) is 12.4. The highest BCUT2D eigenvalue weighted by atomic mass is 16.2. The van der Waals surface area contributed by atoms with Gasteiger partial charge in [-0.3, -0.25) is 4.57 Å². The third-order valence-corrected chi connectivity index (χ3v) is 3.68. The van der Waals surface area contributed by atoms with E-state index >= 15 is 0 Å². The molecule has 1 heterocycles. The maximum Gasteiger partial charge on any atom is 0.346 e. The molecule has 0 saturated heterocycles. The number of hydrogen-bond acceptors (Lipinski definition) is 2. The van der Waals surface area contributed by atoms with Crippen molar-refractivity contribution < 1.29 is 0 Å². The van der Waals surface area contributed by atoms with Gasteiger partial charge in [0.25, 0.3) is 0 Å². The first-order chi connectivity index (χ1) is 10.8. The van der Waals surface area contributed by atoms with E-state index in [4.69, 9.17) is 0 Å². The highest BCUT2D eigenvalue weighted by molar-refractivity contribution is 5.15. The quantitative estimate of drug-likeness (QED) is 0.701. The molecule has 0 aliphatic carbocycles. The summed E-state index contributed by atoms with van der Waals surface area (Å²) in [6, 6.07) is 20.2. The third-order valence-electron chi connectivity index (χ3n) is 3.68. The summed E-state index contributed by atoms with van der Waals surface area (Å²) in [5, 5.41) is 4.20. The lowest BCUT2D eigenvalue weighted by atomic mass is 10.1. The zero-order chi connectivity index (χ0) is 15.2. The van der Waals surface area contributed by atoms with Crippen LogP contribution in [0, 0.1) is 0 Å². The van der Waals surface area contributed by atoms with Crippen LogP contribution in [0.5, 0.6) is 0 Å². The minimum atomic E-state index is -0.0445. The molecule has 2 aromatic carbocycles. The summed E-state index contributed by atoms with van der Waals surface area (Å²) in [7, 11) is 0. The van der Waals surface area contributed by atoms with Crippen LogP contribution in [0.4, 0.5) is 0 Å². The number of aromatic nitrogens is 3. The fourth-order valence-corrected chi connectivity index (χ4v) is 2.49. The van der Waals surface area contributed by atoms with Gasteiger partial charge in [-0.1, -0.05) is 60.7 Å². The summed E-state index contributed by atoms with van der Waals surface area (Å²) in [4.78, 5) is 12.3. The minimum absolute atomic E-state index is 0.0445. The molecular weight excluding hydrogens is 274 g/mol. The Morgan fingerprint density at radius 3 is 2.18 bits per heavy atom. The van der Waals surface area contributed by atoms with E-state index in [0.29, 0.717) is 13.1 Å². The van der Waals surface area contributed by atoms with E-state index in [9.17, 15) is 4.79 Å². The lowest BCUT2D eigenvalue weighted by Gasteiger charge is -2.02. The molecule has 0 amide bonds. The molecule has 0 unspecified atom stereocenters.